The maximum atomic E-state index is 12.9. The van der Waals surface area contributed by atoms with E-state index in [0.29, 0.717) is 17.4 Å². The number of rotatable bonds is 76. The molecule has 0 N–H and O–H groups in total. The van der Waals surface area contributed by atoms with Gasteiger partial charge in [-0.1, -0.05) is 379 Å². The summed E-state index contributed by atoms with van der Waals surface area (Å²) < 4.78 is 34.4. The van der Waals surface area contributed by atoms with Gasteiger partial charge in [0.2, 0.25) is 0 Å². The van der Waals surface area contributed by atoms with Crippen LogP contribution in [0.5, 0.6) is 0 Å². The molecule has 0 bridgehead atoms. The topological polar surface area (TPSA) is 111 Å². The summed E-state index contributed by atoms with van der Waals surface area (Å²) in [6.07, 6.45) is 112. The van der Waals surface area contributed by atoms with Gasteiger partial charge in [0, 0.05) is 12.8 Å². The first-order valence-corrected chi connectivity index (χ1v) is 42.7. The van der Waals surface area contributed by atoms with Gasteiger partial charge in [0.05, 0.1) is 27.7 Å². The molecule has 0 aromatic heterocycles. The number of nitrogens with zero attached hydrogens (tertiary/aromatic N) is 1. The fraction of sp³-hybridized carbons (Fsp3) is 0.750. The number of phosphoric acid groups is 1. The minimum atomic E-state index is -4.65. The lowest BCUT2D eigenvalue weighted by molar-refractivity contribution is -0.870. The van der Waals surface area contributed by atoms with Gasteiger partial charge in [-0.3, -0.25) is 14.2 Å². The fourth-order valence-electron chi connectivity index (χ4n) is 11.8. The Bertz CT molecular complexity index is 2070. The first-order chi connectivity index (χ1) is 48.0. The van der Waals surface area contributed by atoms with Crippen molar-refractivity contribution < 1.29 is 42.1 Å². The third-order valence-corrected chi connectivity index (χ3v) is 18.9. The standard InChI is InChI=1S/C88H156NO8P/c1-6-8-10-12-14-16-18-20-22-24-26-28-30-32-34-36-38-40-42-43-44-45-47-48-50-52-54-56-58-60-62-64-66-68-70-72-74-76-78-80-87(90)94-84-86(85-96-98(92,93)95-83-82-89(3,4)5)97-88(91)81-79-77-75-73-71-69-67-65-63-61-59-57-55-53-51-49-46-41-39-37-35-33-31-29-27-25-23-21-19-17-15-13-11-9-7-2/h8-11,14-17,20-23,26-29,33,35,39,41,86H,6-7,12-13,18-19,24-25,30-32,34,36-38,40,42-85H2,1-5H3/b10-8-,11-9-,16-14-,17-15-,22-20-,23-21-,28-26-,29-27-,35-33-,41-39-. The van der Waals surface area contributed by atoms with E-state index in [1.54, 1.807) is 0 Å². The third-order valence-electron chi connectivity index (χ3n) is 18.0. The number of allylic oxidation sites excluding steroid dienone is 20. The van der Waals surface area contributed by atoms with Crippen LogP contribution in [-0.4, -0.2) is 70.0 Å². The summed E-state index contributed by atoms with van der Waals surface area (Å²) in [4.78, 5) is 38.2. The smallest absolute Gasteiger partial charge is 0.306 e. The molecule has 0 spiro atoms. The van der Waals surface area contributed by atoms with Gasteiger partial charge in [0.1, 0.15) is 19.8 Å². The highest BCUT2D eigenvalue weighted by Gasteiger charge is 2.22. The molecular weight excluding hydrogens is 1230 g/mol. The summed E-state index contributed by atoms with van der Waals surface area (Å²) in [6.45, 7) is 4.06. The van der Waals surface area contributed by atoms with E-state index in [1.165, 1.54) is 238 Å². The molecule has 0 radical (unpaired) electrons. The second-order valence-corrected chi connectivity index (χ2v) is 30.1. The number of carbonyl (C=O) groups is 2. The second-order valence-electron chi connectivity index (χ2n) is 28.7. The van der Waals surface area contributed by atoms with E-state index in [9.17, 15) is 19.0 Å². The molecule has 0 saturated carbocycles. The number of phosphoric ester groups is 1. The highest BCUT2D eigenvalue weighted by Crippen LogP contribution is 2.38. The van der Waals surface area contributed by atoms with Gasteiger partial charge >= 0.3 is 11.9 Å². The van der Waals surface area contributed by atoms with Gasteiger partial charge in [-0.25, -0.2) is 0 Å². The number of unbranched alkanes of at least 4 members (excludes halogenated alkanes) is 42. The Labute approximate surface area is 607 Å². The number of likely N-dealkylation sites (N-methyl/N-ethyl adjacent to an activating group) is 1. The van der Waals surface area contributed by atoms with Crippen molar-refractivity contribution in [3.8, 4) is 0 Å². The van der Waals surface area contributed by atoms with Crippen LogP contribution in [0.4, 0.5) is 0 Å². The van der Waals surface area contributed by atoms with E-state index in [-0.39, 0.29) is 32.0 Å². The fourth-order valence-corrected chi connectivity index (χ4v) is 12.5. The van der Waals surface area contributed by atoms with Crippen LogP contribution in [-0.2, 0) is 32.7 Å². The van der Waals surface area contributed by atoms with Crippen LogP contribution >= 0.6 is 7.82 Å². The molecule has 2 unspecified atom stereocenters. The van der Waals surface area contributed by atoms with Crippen molar-refractivity contribution in [2.45, 2.75) is 380 Å². The zero-order chi connectivity index (χ0) is 71.1. The average Bonchev–Trinajstić information content (AvgIpc) is 1.08. The number of carbonyl (C=O) groups excluding carboxylic acids is 2. The molecule has 2 atom stereocenters. The first-order valence-electron chi connectivity index (χ1n) is 41.2. The van der Waals surface area contributed by atoms with Crippen LogP contribution in [0.1, 0.15) is 373 Å². The van der Waals surface area contributed by atoms with Gasteiger partial charge in [-0.05, 0) is 103 Å². The minimum absolute atomic E-state index is 0.0320. The van der Waals surface area contributed by atoms with E-state index in [4.69, 9.17) is 18.5 Å². The Morgan fingerprint density at radius 1 is 0.316 bits per heavy atom. The molecule has 0 aliphatic rings. The van der Waals surface area contributed by atoms with Gasteiger partial charge in [-0.2, -0.15) is 0 Å². The lowest BCUT2D eigenvalue weighted by Crippen LogP contribution is -2.37. The predicted octanol–water partition coefficient (Wildman–Crippen LogP) is 27.1. The zero-order valence-electron chi connectivity index (χ0n) is 64.7. The average molecular weight is 1390 g/mol. The van der Waals surface area contributed by atoms with Crippen LogP contribution in [0.15, 0.2) is 122 Å². The molecule has 0 aliphatic heterocycles. The first kappa shape index (κ1) is 94.4. The lowest BCUT2D eigenvalue weighted by atomic mass is 10.0. The molecule has 0 amide bonds. The second kappa shape index (κ2) is 77.6. The molecule has 0 aromatic carbocycles. The predicted molar refractivity (Wildman–Crippen MR) is 425 cm³/mol. The van der Waals surface area contributed by atoms with Gasteiger partial charge < -0.3 is 27.9 Å². The largest absolute Gasteiger partial charge is 0.756 e. The van der Waals surface area contributed by atoms with Crippen LogP contribution in [0.2, 0.25) is 0 Å². The molecule has 566 valence electrons. The van der Waals surface area contributed by atoms with Gasteiger partial charge in [0.25, 0.3) is 7.82 Å². The molecule has 0 aromatic rings. The van der Waals surface area contributed by atoms with Gasteiger partial charge in [-0.15, -0.1) is 0 Å². The molecule has 0 heterocycles. The minimum Gasteiger partial charge on any atom is -0.756 e. The Balaban J connectivity index is 3.92. The summed E-state index contributed by atoms with van der Waals surface area (Å²) in [5.74, 6) is -0.818. The summed E-state index contributed by atoms with van der Waals surface area (Å²) >= 11 is 0. The molecular formula is C88H156NO8P. The summed E-state index contributed by atoms with van der Waals surface area (Å²) in [6, 6.07) is 0. The molecule has 98 heavy (non-hydrogen) atoms. The van der Waals surface area contributed by atoms with E-state index in [0.717, 1.165) is 103 Å². The Morgan fingerprint density at radius 3 is 0.816 bits per heavy atom. The Hall–Kier alpha value is -3.59. The van der Waals surface area contributed by atoms with Crippen LogP contribution in [0.3, 0.4) is 0 Å². The molecule has 9 nitrogen and oxygen atoms in total. The van der Waals surface area contributed by atoms with Crippen molar-refractivity contribution in [1.29, 1.82) is 0 Å². The Morgan fingerprint density at radius 2 is 0.551 bits per heavy atom. The van der Waals surface area contributed by atoms with E-state index >= 15 is 0 Å². The normalized spacial score (nSPS) is 13.7. The third kappa shape index (κ3) is 81.4. The van der Waals surface area contributed by atoms with Crippen LogP contribution < -0.4 is 4.89 Å². The number of hydrogen-bond donors (Lipinski definition) is 0. The number of hydrogen-bond acceptors (Lipinski definition) is 8. The van der Waals surface area contributed by atoms with Crippen LogP contribution in [0.25, 0.3) is 0 Å². The lowest BCUT2D eigenvalue weighted by Gasteiger charge is -2.28. The number of quaternary nitrogens is 1. The maximum Gasteiger partial charge on any atom is 0.306 e. The Kier molecular flexibility index (Phi) is 74.7. The molecule has 10 heteroatoms. The van der Waals surface area contributed by atoms with Crippen molar-refractivity contribution in [2.24, 2.45) is 0 Å². The molecule has 0 fully saturated rings. The van der Waals surface area contributed by atoms with Crippen molar-refractivity contribution in [1.82, 2.24) is 0 Å². The highest BCUT2D eigenvalue weighted by atomic mass is 31.2. The quantitative estimate of drug-likeness (QED) is 0.0195. The number of esters is 2. The van der Waals surface area contributed by atoms with Crippen LogP contribution in [0, 0.1) is 0 Å². The maximum absolute atomic E-state index is 12.9. The highest BCUT2D eigenvalue weighted by molar-refractivity contribution is 7.45. The molecule has 0 aliphatic carbocycles. The number of ether oxygens (including phenoxy) is 2. The molecule has 0 rings (SSSR count). The van der Waals surface area contributed by atoms with E-state index in [2.05, 4.69) is 135 Å². The van der Waals surface area contributed by atoms with Crippen molar-refractivity contribution in [3.63, 3.8) is 0 Å². The summed E-state index contributed by atoms with van der Waals surface area (Å²) in [5, 5.41) is 0. The van der Waals surface area contributed by atoms with E-state index < -0.39 is 26.5 Å². The van der Waals surface area contributed by atoms with Gasteiger partial charge in [0.15, 0.2) is 6.10 Å². The summed E-state index contributed by atoms with van der Waals surface area (Å²) in [5.41, 5.74) is 0. The van der Waals surface area contributed by atoms with Crippen molar-refractivity contribution in [2.75, 3.05) is 47.5 Å². The monoisotopic (exact) mass is 1390 g/mol. The molecule has 0 saturated heterocycles. The van der Waals surface area contributed by atoms with Crippen molar-refractivity contribution in [3.05, 3.63) is 122 Å². The zero-order valence-corrected chi connectivity index (χ0v) is 65.6. The van der Waals surface area contributed by atoms with Crippen molar-refractivity contribution >= 4 is 19.8 Å². The SMILES string of the molecule is CC/C=C\C/C=C\C/C=C\C/C=C\C/C=C\C/C=C\CCCCCCCCCCCCCCCCCCC(=O)OC(COC(=O)CCCCCCCCCCCCCCCCCCCCCCCCCCCC/C=C\C/C=C\C/C=C\C/C=C\CC)COP(=O)([O-])OCC[N+](C)(C)C. The summed E-state index contributed by atoms with van der Waals surface area (Å²) in [7, 11) is 1.18. The van der Waals surface area contributed by atoms with E-state index in [1.807, 2.05) is 21.1 Å².